The van der Waals surface area contributed by atoms with Crippen LogP contribution in [0.5, 0.6) is 0 Å². The van der Waals surface area contributed by atoms with Crippen molar-refractivity contribution in [1.82, 2.24) is 5.32 Å². The van der Waals surface area contributed by atoms with E-state index in [4.69, 9.17) is 0 Å². The highest BCUT2D eigenvalue weighted by atomic mass is 15.0. The van der Waals surface area contributed by atoms with Crippen LogP contribution in [-0.4, -0.2) is 12.1 Å². The molecule has 0 spiro atoms. The maximum Gasteiger partial charge on any atom is 0.0103 e. The first-order valence-corrected chi connectivity index (χ1v) is 8.14. The highest BCUT2D eigenvalue weighted by Crippen LogP contribution is 2.40. The molecule has 0 bridgehead atoms. The van der Waals surface area contributed by atoms with Gasteiger partial charge in [0.05, 0.1) is 0 Å². The highest BCUT2D eigenvalue weighted by Gasteiger charge is 2.38. The quantitative estimate of drug-likeness (QED) is 0.772. The van der Waals surface area contributed by atoms with Gasteiger partial charge in [-0.05, 0) is 48.9 Å². The molecular weight excluding hydrogens is 218 g/mol. The summed E-state index contributed by atoms with van der Waals surface area (Å²) in [5.41, 5.74) is 0.472. The molecule has 2 rings (SSSR count). The highest BCUT2D eigenvalue weighted by molar-refractivity contribution is 4.94. The van der Waals surface area contributed by atoms with E-state index in [-0.39, 0.29) is 0 Å². The molecule has 0 aliphatic heterocycles. The minimum Gasteiger partial charge on any atom is -0.311 e. The summed E-state index contributed by atoms with van der Waals surface area (Å²) in [6, 6.07) is 1.61. The Balaban J connectivity index is 1.84. The van der Waals surface area contributed by atoms with E-state index < -0.39 is 0 Å². The average molecular weight is 251 g/mol. The van der Waals surface area contributed by atoms with E-state index in [9.17, 15) is 0 Å². The normalized spacial score (nSPS) is 37.7. The average Bonchev–Trinajstić information content (AvgIpc) is 2.21. The predicted octanol–water partition coefficient (Wildman–Crippen LogP) is 4.62. The predicted molar refractivity (Wildman–Crippen MR) is 79.7 cm³/mol. The van der Waals surface area contributed by atoms with Gasteiger partial charge in [-0.2, -0.15) is 0 Å². The van der Waals surface area contributed by atoms with Gasteiger partial charge in [0, 0.05) is 12.1 Å². The van der Waals surface area contributed by atoms with Gasteiger partial charge >= 0.3 is 0 Å². The zero-order valence-electron chi connectivity index (χ0n) is 13.1. The molecule has 0 heterocycles. The molecule has 106 valence electrons. The van der Waals surface area contributed by atoms with Crippen LogP contribution >= 0.6 is 0 Å². The van der Waals surface area contributed by atoms with E-state index in [0.29, 0.717) is 5.41 Å². The first-order chi connectivity index (χ1) is 8.38. The Kier molecular flexibility index (Phi) is 4.41. The minimum atomic E-state index is 0.472. The van der Waals surface area contributed by atoms with Crippen LogP contribution in [0.2, 0.25) is 0 Å². The van der Waals surface area contributed by atoms with Crippen molar-refractivity contribution in [2.75, 3.05) is 0 Å². The molecule has 0 radical (unpaired) electrons. The van der Waals surface area contributed by atoms with Gasteiger partial charge in [-0.1, -0.05) is 47.5 Å². The van der Waals surface area contributed by atoms with Gasteiger partial charge < -0.3 is 5.32 Å². The molecule has 0 saturated heterocycles. The van der Waals surface area contributed by atoms with E-state index in [1.54, 1.807) is 0 Å². The Bertz CT molecular complexity index is 257. The second-order valence-electron chi connectivity index (χ2n) is 8.20. The smallest absolute Gasteiger partial charge is 0.0103 e. The lowest BCUT2D eigenvalue weighted by atomic mass is 9.68. The Morgan fingerprint density at radius 3 is 2.17 bits per heavy atom. The molecule has 0 aromatic heterocycles. The Hall–Kier alpha value is -0.0400. The Labute approximate surface area is 114 Å². The fourth-order valence-electron chi connectivity index (χ4n) is 4.01. The monoisotopic (exact) mass is 251 g/mol. The van der Waals surface area contributed by atoms with Gasteiger partial charge in [-0.3, -0.25) is 0 Å². The number of rotatable bonds is 3. The van der Waals surface area contributed by atoms with Crippen LogP contribution in [0, 0.1) is 23.2 Å². The van der Waals surface area contributed by atoms with Crippen molar-refractivity contribution in [3.8, 4) is 0 Å². The van der Waals surface area contributed by atoms with Gasteiger partial charge in [0.15, 0.2) is 0 Å². The zero-order chi connectivity index (χ0) is 13.3. The van der Waals surface area contributed by atoms with Gasteiger partial charge in [0.25, 0.3) is 0 Å². The molecule has 1 N–H and O–H groups in total. The molecule has 2 atom stereocenters. The van der Waals surface area contributed by atoms with E-state index >= 15 is 0 Å². The molecule has 1 heteroatoms. The molecule has 0 aromatic rings. The summed E-state index contributed by atoms with van der Waals surface area (Å²) in [7, 11) is 0. The third-order valence-corrected chi connectivity index (χ3v) is 5.45. The molecule has 2 fully saturated rings. The maximum atomic E-state index is 4.00. The molecule has 2 aliphatic rings. The standard InChI is InChI=1S/C17H33N/c1-12(2)13-10-14(11-13)18-16-9-7-6-8-15(16)17(3,4)5/h12-16,18H,6-11H2,1-5H3. The SMILES string of the molecule is CC(C)C1CC(NC2CCCCC2C(C)(C)C)C1. The molecular formula is C17H33N. The van der Waals surface area contributed by atoms with Crippen LogP contribution in [0.25, 0.3) is 0 Å². The van der Waals surface area contributed by atoms with Crippen LogP contribution in [0.4, 0.5) is 0 Å². The Morgan fingerprint density at radius 1 is 1.00 bits per heavy atom. The van der Waals surface area contributed by atoms with Crippen LogP contribution in [-0.2, 0) is 0 Å². The van der Waals surface area contributed by atoms with Crippen molar-refractivity contribution >= 4 is 0 Å². The summed E-state index contributed by atoms with van der Waals surface area (Å²) in [6.45, 7) is 12.0. The van der Waals surface area contributed by atoms with Crippen LogP contribution in [0.1, 0.15) is 73.1 Å². The van der Waals surface area contributed by atoms with Crippen molar-refractivity contribution in [3.05, 3.63) is 0 Å². The van der Waals surface area contributed by atoms with Crippen LogP contribution in [0.15, 0.2) is 0 Å². The van der Waals surface area contributed by atoms with Gasteiger partial charge in [-0.25, -0.2) is 0 Å². The summed E-state index contributed by atoms with van der Waals surface area (Å²) >= 11 is 0. The maximum absolute atomic E-state index is 4.00. The van der Waals surface area contributed by atoms with Crippen molar-refractivity contribution in [2.24, 2.45) is 23.2 Å². The van der Waals surface area contributed by atoms with E-state index in [0.717, 1.165) is 29.8 Å². The van der Waals surface area contributed by atoms with Crippen LogP contribution in [0.3, 0.4) is 0 Å². The fourth-order valence-corrected chi connectivity index (χ4v) is 4.01. The summed E-state index contributed by atoms with van der Waals surface area (Å²) in [4.78, 5) is 0. The second kappa shape index (κ2) is 5.53. The van der Waals surface area contributed by atoms with Gasteiger partial charge in [0.1, 0.15) is 0 Å². The number of hydrogen-bond donors (Lipinski definition) is 1. The van der Waals surface area contributed by atoms with E-state index in [1.165, 1.54) is 38.5 Å². The Morgan fingerprint density at radius 2 is 1.61 bits per heavy atom. The van der Waals surface area contributed by atoms with Crippen molar-refractivity contribution in [1.29, 1.82) is 0 Å². The van der Waals surface area contributed by atoms with E-state index in [2.05, 4.69) is 39.9 Å². The topological polar surface area (TPSA) is 12.0 Å². The van der Waals surface area contributed by atoms with E-state index in [1.807, 2.05) is 0 Å². The molecule has 2 saturated carbocycles. The molecule has 2 aliphatic carbocycles. The van der Waals surface area contributed by atoms with Crippen molar-refractivity contribution in [3.63, 3.8) is 0 Å². The first-order valence-electron chi connectivity index (χ1n) is 8.14. The minimum absolute atomic E-state index is 0.472. The molecule has 0 amide bonds. The summed E-state index contributed by atoms with van der Waals surface area (Å²) in [6.07, 6.45) is 8.56. The summed E-state index contributed by atoms with van der Waals surface area (Å²) in [5, 5.41) is 4.00. The van der Waals surface area contributed by atoms with Crippen LogP contribution < -0.4 is 5.32 Å². The second-order valence-corrected chi connectivity index (χ2v) is 8.20. The third-order valence-electron chi connectivity index (χ3n) is 5.45. The lowest BCUT2D eigenvalue weighted by molar-refractivity contribution is 0.0870. The molecule has 0 aromatic carbocycles. The number of nitrogens with one attached hydrogen (secondary N) is 1. The first kappa shape index (κ1) is 14.4. The molecule has 1 nitrogen and oxygen atoms in total. The third kappa shape index (κ3) is 3.29. The summed E-state index contributed by atoms with van der Waals surface area (Å²) < 4.78 is 0. The molecule has 2 unspecified atom stereocenters. The lowest BCUT2D eigenvalue weighted by Crippen LogP contribution is -2.53. The van der Waals surface area contributed by atoms with Gasteiger partial charge in [0.2, 0.25) is 0 Å². The zero-order valence-corrected chi connectivity index (χ0v) is 13.1. The lowest BCUT2D eigenvalue weighted by Gasteiger charge is -2.46. The van der Waals surface area contributed by atoms with Gasteiger partial charge in [-0.15, -0.1) is 0 Å². The largest absolute Gasteiger partial charge is 0.311 e. The van der Waals surface area contributed by atoms with Crippen molar-refractivity contribution < 1.29 is 0 Å². The van der Waals surface area contributed by atoms with Crippen molar-refractivity contribution in [2.45, 2.75) is 85.2 Å². The molecule has 18 heavy (non-hydrogen) atoms. The number of hydrogen-bond acceptors (Lipinski definition) is 1. The summed E-state index contributed by atoms with van der Waals surface area (Å²) in [5.74, 6) is 2.75. The fraction of sp³-hybridized carbons (Fsp3) is 1.00.